The van der Waals surface area contributed by atoms with Crippen LogP contribution < -0.4 is 10.1 Å². The fraction of sp³-hybridized carbons (Fsp3) is 0.375. The molecule has 122 valence electrons. The van der Waals surface area contributed by atoms with E-state index in [1.807, 2.05) is 12.1 Å². The number of ether oxygens (including phenoxy) is 1. The summed E-state index contributed by atoms with van der Waals surface area (Å²) in [7, 11) is 1.59. The van der Waals surface area contributed by atoms with Gasteiger partial charge in [-0.1, -0.05) is 6.07 Å². The number of hydrogen-bond acceptors (Lipinski definition) is 5. The molecule has 1 aliphatic rings. The highest BCUT2D eigenvalue weighted by molar-refractivity contribution is 9.10. The summed E-state index contributed by atoms with van der Waals surface area (Å²) in [5.41, 5.74) is 1.09. The van der Waals surface area contributed by atoms with Crippen LogP contribution in [-0.2, 0) is 6.54 Å². The molecule has 23 heavy (non-hydrogen) atoms. The van der Waals surface area contributed by atoms with Crippen LogP contribution in [0.5, 0.6) is 5.88 Å². The van der Waals surface area contributed by atoms with Crippen LogP contribution in [0.2, 0.25) is 0 Å². The topological polar surface area (TPSA) is 50.3 Å². The van der Waals surface area contributed by atoms with E-state index in [1.165, 1.54) is 6.07 Å². The number of anilines is 1. The molecule has 0 amide bonds. The number of nitrogens with one attached hydrogen (secondary N) is 1. The zero-order valence-corrected chi connectivity index (χ0v) is 14.4. The fourth-order valence-electron chi connectivity index (χ4n) is 2.70. The maximum absolute atomic E-state index is 13.3. The Balaban J connectivity index is 1.56. The van der Waals surface area contributed by atoms with Crippen molar-refractivity contribution >= 4 is 21.9 Å². The Labute approximate surface area is 143 Å². The molecule has 0 spiro atoms. The number of benzene rings is 1. The maximum atomic E-state index is 13.3. The van der Waals surface area contributed by atoms with Crippen molar-refractivity contribution in [2.75, 3.05) is 25.5 Å². The molecule has 1 saturated heterocycles. The van der Waals surface area contributed by atoms with Gasteiger partial charge in [0.1, 0.15) is 5.82 Å². The molecule has 1 aromatic carbocycles. The van der Waals surface area contributed by atoms with Gasteiger partial charge < -0.3 is 10.1 Å². The van der Waals surface area contributed by atoms with Gasteiger partial charge in [-0.25, -0.2) is 9.37 Å². The molecule has 1 atom stereocenters. The van der Waals surface area contributed by atoms with E-state index in [2.05, 4.69) is 36.1 Å². The molecule has 7 heteroatoms. The average molecular weight is 381 g/mol. The Hall–Kier alpha value is -1.73. The molecule has 1 aromatic heterocycles. The first-order valence-corrected chi connectivity index (χ1v) is 8.23. The molecular formula is C16H18BrFN4O. The summed E-state index contributed by atoms with van der Waals surface area (Å²) in [6.07, 6.45) is 2.69. The molecule has 1 N–H and O–H groups in total. The van der Waals surface area contributed by atoms with Crippen LogP contribution >= 0.6 is 15.9 Å². The Morgan fingerprint density at radius 2 is 2.30 bits per heavy atom. The van der Waals surface area contributed by atoms with Crippen LogP contribution in [0.3, 0.4) is 0 Å². The Kier molecular flexibility index (Phi) is 5.07. The van der Waals surface area contributed by atoms with E-state index in [-0.39, 0.29) is 5.82 Å². The second kappa shape index (κ2) is 7.23. The van der Waals surface area contributed by atoms with Crippen LogP contribution in [0.4, 0.5) is 10.3 Å². The van der Waals surface area contributed by atoms with Crippen molar-refractivity contribution < 1.29 is 9.13 Å². The van der Waals surface area contributed by atoms with Crippen LogP contribution in [0, 0.1) is 5.82 Å². The largest absolute Gasteiger partial charge is 0.481 e. The molecule has 1 fully saturated rings. The van der Waals surface area contributed by atoms with Crippen LogP contribution in [0.1, 0.15) is 12.0 Å². The summed E-state index contributed by atoms with van der Waals surface area (Å²) >= 11 is 3.23. The number of halogens is 2. The molecule has 2 aromatic rings. The predicted molar refractivity (Wildman–Crippen MR) is 90.0 cm³/mol. The highest BCUT2D eigenvalue weighted by atomic mass is 79.9. The van der Waals surface area contributed by atoms with Crippen molar-refractivity contribution in [3.05, 3.63) is 46.3 Å². The van der Waals surface area contributed by atoms with Gasteiger partial charge in [-0.05, 0) is 40.0 Å². The normalized spacial score (nSPS) is 18.1. The van der Waals surface area contributed by atoms with E-state index >= 15 is 0 Å². The number of methoxy groups -OCH3 is 1. The van der Waals surface area contributed by atoms with Gasteiger partial charge in [-0.3, -0.25) is 4.90 Å². The molecule has 2 heterocycles. The van der Waals surface area contributed by atoms with Crippen LogP contribution in [0.25, 0.3) is 0 Å². The highest BCUT2D eigenvalue weighted by Crippen LogP contribution is 2.21. The van der Waals surface area contributed by atoms with Gasteiger partial charge in [-0.2, -0.15) is 4.98 Å². The minimum absolute atomic E-state index is 0.232. The zero-order valence-electron chi connectivity index (χ0n) is 12.8. The lowest BCUT2D eigenvalue weighted by atomic mass is 10.2. The Morgan fingerprint density at radius 1 is 1.43 bits per heavy atom. The lowest BCUT2D eigenvalue weighted by molar-refractivity contribution is 0.328. The smallest absolute Gasteiger partial charge is 0.226 e. The molecule has 1 aliphatic heterocycles. The fourth-order valence-corrected chi connectivity index (χ4v) is 3.12. The van der Waals surface area contributed by atoms with Crippen molar-refractivity contribution in [3.8, 4) is 5.88 Å². The standard InChI is InChI=1S/C16H18BrFN4O/c1-23-15-4-6-19-16(21-15)20-12-5-7-22(10-12)9-11-2-3-14(18)13(17)8-11/h2-4,6,8,12H,5,7,9-10H2,1H3,(H,19,20,21). The van der Waals surface area contributed by atoms with Crippen LogP contribution in [-0.4, -0.2) is 41.1 Å². The number of likely N-dealkylation sites (tertiary alicyclic amines) is 1. The first-order valence-electron chi connectivity index (χ1n) is 7.44. The average Bonchev–Trinajstić information content (AvgIpc) is 2.98. The first-order chi connectivity index (χ1) is 11.1. The predicted octanol–water partition coefficient (Wildman–Crippen LogP) is 3.07. The van der Waals surface area contributed by atoms with Crippen LogP contribution in [0.15, 0.2) is 34.9 Å². The molecule has 0 saturated carbocycles. The molecule has 3 rings (SSSR count). The van der Waals surface area contributed by atoms with Crippen molar-refractivity contribution in [1.82, 2.24) is 14.9 Å². The summed E-state index contributed by atoms with van der Waals surface area (Å²) in [5, 5.41) is 3.34. The van der Waals surface area contributed by atoms with Gasteiger partial charge >= 0.3 is 0 Å². The van der Waals surface area contributed by atoms with E-state index in [0.717, 1.165) is 31.6 Å². The monoisotopic (exact) mass is 380 g/mol. The minimum Gasteiger partial charge on any atom is -0.481 e. The quantitative estimate of drug-likeness (QED) is 0.863. The highest BCUT2D eigenvalue weighted by Gasteiger charge is 2.23. The molecule has 0 aliphatic carbocycles. The van der Waals surface area contributed by atoms with E-state index in [9.17, 15) is 4.39 Å². The molecular weight excluding hydrogens is 363 g/mol. The number of rotatable bonds is 5. The minimum atomic E-state index is -0.232. The van der Waals surface area contributed by atoms with E-state index < -0.39 is 0 Å². The Morgan fingerprint density at radius 3 is 3.09 bits per heavy atom. The molecule has 0 radical (unpaired) electrons. The SMILES string of the molecule is COc1ccnc(NC2CCN(Cc3ccc(F)c(Br)c3)C2)n1. The lowest BCUT2D eigenvalue weighted by Crippen LogP contribution is -2.26. The second-order valence-corrected chi connectivity index (χ2v) is 6.39. The molecule has 0 bridgehead atoms. The van der Waals surface area contributed by atoms with E-state index in [4.69, 9.17) is 4.74 Å². The molecule has 5 nitrogen and oxygen atoms in total. The third kappa shape index (κ3) is 4.17. The van der Waals surface area contributed by atoms with Crippen molar-refractivity contribution in [2.24, 2.45) is 0 Å². The van der Waals surface area contributed by atoms with Crippen molar-refractivity contribution in [1.29, 1.82) is 0 Å². The van der Waals surface area contributed by atoms with Gasteiger partial charge in [0.2, 0.25) is 11.8 Å². The number of aromatic nitrogens is 2. The second-order valence-electron chi connectivity index (χ2n) is 5.54. The third-order valence-corrected chi connectivity index (χ3v) is 4.44. The van der Waals surface area contributed by atoms with Gasteiger partial charge in [0.25, 0.3) is 0 Å². The number of hydrogen-bond donors (Lipinski definition) is 1. The lowest BCUT2D eigenvalue weighted by Gasteiger charge is -2.17. The summed E-state index contributed by atoms with van der Waals surface area (Å²) in [6.45, 7) is 2.68. The summed E-state index contributed by atoms with van der Waals surface area (Å²) in [5.74, 6) is 0.902. The zero-order chi connectivity index (χ0) is 16.2. The number of nitrogens with zero attached hydrogens (tertiary/aromatic N) is 3. The van der Waals surface area contributed by atoms with Gasteiger partial charge in [0.15, 0.2) is 0 Å². The maximum Gasteiger partial charge on any atom is 0.226 e. The van der Waals surface area contributed by atoms with Gasteiger partial charge in [0, 0.05) is 37.9 Å². The summed E-state index contributed by atoms with van der Waals surface area (Å²) in [6, 6.07) is 7.17. The summed E-state index contributed by atoms with van der Waals surface area (Å²) < 4.78 is 18.9. The van der Waals surface area contributed by atoms with Gasteiger partial charge in [0.05, 0.1) is 11.6 Å². The third-order valence-electron chi connectivity index (χ3n) is 3.83. The van der Waals surface area contributed by atoms with Crippen molar-refractivity contribution in [2.45, 2.75) is 19.0 Å². The molecule has 1 unspecified atom stereocenters. The first kappa shape index (κ1) is 16.1. The summed E-state index contributed by atoms with van der Waals surface area (Å²) in [4.78, 5) is 10.8. The Bertz CT molecular complexity index is 685. The van der Waals surface area contributed by atoms with E-state index in [0.29, 0.717) is 22.3 Å². The van der Waals surface area contributed by atoms with E-state index in [1.54, 1.807) is 19.4 Å². The van der Waals surface area contributed by atoms with Gasteiger partial charge in [-0.15, -0.1) is 0 Å². The van der Waals surface area contributed by atoms with Crippen molar-refractivity contribution in [3.63, 3.8) is 0 Å².